The summed E-state index contributed by atoms with van der Waals surface area (Å²) in [5.41, 5.74) is 1.25. The van der Waals surface area contributed by atoms with E-state index in [4.69, 9.17) is 14.5 Å². The quantitative estimate of drug-likeness (QED) is 0.369. The molecule has 10 heteroatoms. The number of aliphatic imine (C=N–C) groups is 1. The van der Waals surface area contributed by atoms with Crippen molar-refractivity contribution in [2.24, 2.45) is 12.0 Å². The summed E-state index contributed by atoms with van der Waals surface area (Å²) in [6.45, 7) is 8.55. The van der Waals surface area contributed by atoms with Gasteiger partial charge in [0.05, 0.1) is 0 Å². The number of hydrogen-bond donors (Lipinski definition) is 1. The molecule has 1 fully saturated rings. The summed E-state index contributed by atoms with van der Waals surface area (Å²) >= 11 is 0. The third kappa shape index (κ3) is 5.30. The lowest BCUT2D eigenvalue weighted by Crippen LogP contribution is -2.52. The molecule has 0 unspecified atom stereocenters. The van der Waals surface area contributed by atoms with E-state index in [0.717, 1.165) is 62.6 Å². The number of aryl methyl sites for hydroxylation is 1. The lowest BCUT2D eigenvalue weighted by molar-refractivity contribution is 0.171. The largest absolute Gasteiger partial charge is 0.454 e. The van der Waals surface area contributed by atoms with Gasteiger partial charge in [-0.2, -0.15) is 5.10 Å². The second kappa shape index (κ2) is 10.1. The highest BCUT2D eigenvalue weighted by Crippen LogP contribution is 2.32. The second-order valence-electron chi connectivity index (χ2n) is 6.92. The molecule has 2 aromatic rings. The number of nitrogens with one attached hydrogen (secondary N) is 1. The van der Waals surface area contributed by atoms with Crippen molar-refractivity contribution in [3.05, 3.63) is 35.9 Å². The molecule has 2 aliphatic heterocycles. The van der Waals surface area contributed by atoms with Crippen molar-refractivity contribution in [2.45, 2.75) is 20.0 Å². The number of hydrogen-bond acceptors (Lipinski definition) is 6. The molecule has 1 aromatic heterocycles. The second-order valence-corrected chi connectivity index (χ2v) is 6.92. The number of ether oxygens (including phenoxy) is 2. The molecule has 0 aliphatic carbocycles. The average Bonchev–Trinajstić information content (AvgIpc) is 3.34. The van der Waals surface area contributed by atoms with E-state index in [0.29, 0.717) is 13.3 Å². The van der Waals surface area contributed by atoms with Crippen LogP contribution in [0.4, 0.5) is 0 Å². The molecule has 4 rings (SSSR count). The van der Waals surface area contributed by atoms with E-state index in [1.807, 2.05) is 13.1 Å². The van der Waals surface area contributed by atoms with Crippen molar-refractivity contribution < 1.29 is 9.47 Å². The van der Waals surface area contributed by atoms with Gasteiger partial charge in [-0.05, 0) is 24.6 Å². The zero-order chi connectivity index (χ0) is 19.3. The zero-order valence-corrected chi connectivity index (χ0v) is 19.2. The molecule has 0 spiro atoms. The van der Waals surface area contributed by atoms with E-state index in [1.165, 1.54) is 5.56 Å². The Hall–Kier alpha value is -2.08. The summed E-state index contributed by atoms with van der Waals surface area (Å²) in [5.74, 6) is 3.48. The molecule has 0 bridgehead atoms. The Morgan fingerprint density at radius 2 is 1.97 bits per heavy atom. The van der Waals surface area contributed by atoms with Gasteiger partial charge < -0.3 is 19.7 Å². The first-order valence-corrected chi connectivity index (χ1v) is 9.70. The molecule has 2 aliphatic rings. The first-order chi connectivity index (χ1) is 13.7. The van der Waals surface area contributed by atoms with Gasteiger partial charge in [0, 0.05) is 46.3 Å². The van der Waals surface area contributed by atoms with Gasteiger partial charge in [-0.3, -0.25) is 9.58 Å². The van der Waals surface area contributed by atoms with E-state index >= 15 is 0 Å². The Kier molecular flexibility index (Phi) is 7.53. The van der Waals surface area contributed by atoms with Crippen LogP contribution in [0.1, 0.15) is 18.3 Å². The Balaban J connectivity index is 0.00000240. The van der Waals surface area contributed by atoms with Crippen LogP contribution in [0.3, 0.4) is 0 Å². The fourth-order valence-corrected chi connectivity index (χ4v) is 3.45. The minimum Gasteiger partial charge on any atom is -0.454 e. The molecule has 1 N–H and O–H groups in total. The number of halogens is 1. The molecule has 0 saturated carbocycles. The Morgan fingerprint density at radius 1 is 1.17 bits per heavy atom. The molecule has 1 saturated heterocycles. The van der Waals surface area contributed by atoms with Gasteiger partial charge >= 0.3 is 0 Å². The molecule has 158 valence electrons. The number of rotatable bonds is 5. The molecule has 29 heavy (non-hydrogen) atoms. The van der Waals surface area contributed by atoms with E-state index < -0.39 is 0 Å². The standard InChI is InChI=1S/C19H27N7O2.HI/c1-3-20-19(21-11-18-22-13-23-24(18)2)26-8-6-25(7-9-26)12-15-4-5-16-17(10-15)28-14-27-16;/h4-5,10,13H,3,6-9,11-12,14H2,1-2H3,(H,20,21);1H. The predicted molar refractivity (Wildman–Crippen MR) is 121 cm³/mol. The summed E-state index contributed by atoms with van der Waals surface area (Å²) < 4.78 is 12.6. The van der Waals surface area contributed by atoms with Crippen molar-refractivity contribution in [2.75, 3.05) is 39.5 Å². The van der Waals surface area contributed by atoms with Crippen LogP contribution in [0.5, 0.6) is 11.5 Å². The van der Waals surface area contributed by atoms with E-state index in [2.05, 4.69) is 44.3 Å². The number of piperazine rings is 1. The van der Waals surface area contributed by atoms with Gasteiger partial charge in [0.2, 0.25) is 6.79 Å². The summed E-state index contributed by atoms with van der Waals surface area (Å²) in [4.78, 5) is 13.8. The van der Waals surface area contributed by atoms with Gasteiger partial charge in [-0.15, -0.1) is 24.0 Å². The Labute approximate surface area is 188 Å². The van der Waals surface area contributed by atoms with Crippen molar-refractivity contribution in [1.29, 1.82) is 0 Å². The van der Waals surface area contributed by atoms with Crippen molar-refractivity contribution in [3.8, 4) is 11.5 Å². The molecule has 0 radical (unpaired) electrons. The average molecular weight is 513 g/mol. The van der Waals surface area contributed by atoms with E-state index in [-0.39, 0.29) is 24.0 Å². The smallest absolute Gasteiger partial charge is 0.231 e. The highest BCUT2D eigenvalue weighted by atomic mass is 127. The van der Waals surface area contributed by atoms with Crippen LogP contribution in [0.15, 0.2) is 29.5 Å². The van der Waals surface area contributed by atoms with Crippen LogP contribution in [0, 0.1) is 0 Å². The highest BCUT2D eigenvalue weighted by Gasteiger charge is 2.21. The fourth-order valence-electron chi connectivity index (χ4n) is 3.45. The highest BCUT2D eigenvalue weighted by molar-refractivity contribution is 14.0. The van der Waals surface area contributed by atoms with E-state index in [1.54, 1.807) is 11.0 Å². The normalized spacial score (nSPS) is 16.6. The predicted octanol–water partition coefficient (Wildman–Crippen LogP) is 1.45. The monoisotopic (exact) mass is 513 g/mol. The lowest BCUT2D eigenvalue weighted by Gasteiger charge is -2.36. The van der Waals surface area contributed by atoms with Crippen molar-refractivity contribution in [3.63, 3.8) is 0 Å². The number of guanidine groups is 1. The fraction of sp³-hybridized carbons (Fsp3) is 0.526. The molecular weight excluding hydrogens is 485 g/mol. The van der Waals surface area contributed by atoms with Gasteiger partial charge in [0.1, 0.15) is 18.7 Å². The van der Waals surface area contributed by atoms with Crippen LogP contribution in [0.2, 0.25) is 0 Å². The topological polar surface area (TPSA) is 80.0 Å². The third-order valence-corrected chi connectivity index (χ3v) is 5.03. The zero-order valence-electron chi connectivity index (χ0n) is 16.9. The van der Waals surface area contributed by atoms with Gasteiger partial charge in [0.15, 0.2) is 17.5 Å². The SMILES string of the molecule is CCNC(=NCc1ncnn1C)N1CCN(Cc2ccc3c(c2)OCO3)CC1.I. The first-order valence-electron chi connectivity index (χ1n) is 9.70. The Bertz CT molecular complexity index is 834. The van der Waals surface area contributed by atoms with Crippen LogP contribution >= 0.6 is 24.0 Å². The van der Waals surface area contributed by atoms with Crippen LogP contribution < -0.4 is 14.8 Å². The van der Waals surface area contributed by atoms with Crippen LogP contribution in [-0.2, 0) is 20.1 Å². The van der Waals surface area contributed by atoms with Gasteiger partial charge in [-0.25, -0.2) is 9.98 Å². The summed E-state index contributed by atoms with van der Waals surface area (Å²) in [7, 11) is 1.89. The first kappa shape index (κ1) is 21.6. The number of nitrogens with zero attached hydrogens (tertiary/aromatic N) is 6. The lowest BCUT2D eigenvalue weighted by atomic mass is 10.1. The minimum atomic E-state index is 0. The van der Waals surface area contributed by atoms with Crippen molar-refractivity contribution in [1.82, 2.24) is 29.9 Å². The van der Waals surface area contributed by atoms with Gasteiger partial charge in [0.25, 0.3) is 0 Å². The van der Waals surface area contributed by atoms with Crippen molar-refractivity contribution >= 4 is 29.9 Å². The number of fused-ring (bicyclic) bond motifs is 1. The molecule has 0 amide bonds. The summed E-state index contributed by atoms with van der Waals surface area (Å²) in [6, 6.07) is 6.20. The minimum absolute atomic E-state index is 0. The maximum absolute atomic E-state index is 5.49. The molecular formula is C19H28IN7O2. The Morgan fingerprint density at radius 3 is 2.69 bits per heavy atom. The maximum Gasteiger partial charge on any atom is 0.231 e. The molecule has 3 heterocycles. The van der Waals surface area contributed by atoms with Gasteiger partial charge in [-0.1, -0.05) is 6.07 Å². The molecule has 0 atom stereocenters. The summed E-state index contributed by atoms with van der Waals surface area (Å²) in [5, 5.41) is 7.50. The number of benzene rings is 1. The third-order valence-electron chi connectivity index (χ3n) is 5.03. The number of aromatic nitrogens is 3. The molecule has 9 nitrogen and oxygen atoms in total. The molecule has 1 aromatic carbocycles. The van der Waals surface area contributed by atoms with E-state index in [9.17, 15) is 0 Å². The maximum atomic E-state index is 5.49. The summed E-state index contributed by atoms with van der Waals surface area (Å²) in [6.07, 6.45) is 1.56. The van der Waals surface area contributed by atoms with Crippen LogP contribution in [-0.4, -0.2) is 70.0 Å². The van der Waals surface area contributed by atoms with Crippen LogP contribution in [0.25, 0.3) is 0 Å².